The van der Waals surface area contributed by atoms with Crippen molar-refractivity contribution < 1.29 is 9.18 Å². The molecule has 8 heteroatoms. The number of carbonyl (C=O) groups excluding carboxylic acids is 1. The van der Waals surface area contributed by atoms with Crippen LogP contribution < -0.4 is 5.32 Å². The minimum absolute atomic E-state index is 0.0495. The Morgan fingerprint density at radius 1 is 1.28 bits per heavy atom. The summed E-state index contributed by atoms with van der Waals surface area (Å²) in [5.74, 6) is -0.226. The predicted octanol–water partition coefficient (Wildman–Crippen LogP) is 4.30. The number of aryl methyl sites for hydroxylation is 1. The van der Waals surface area contributed by atoms with Crippen LogP contribution in [0.15, 0.2) is 47.6 Å². The third-order valence-corrected chi connectivity index (χ3v) is 4.41. The molecule has 3 rings (SSSR count). The van der Waals surface area contributed by atoms with Gasteiger partial charge in [-0.05, 0) is 25.1 Å². The van der Waals surface area contributed by atoms with Gasteiger partial charge in [-0.2, -0.15) is 0 Å². The number of aromatic amines is 1. The molecule has 0 saturated carbocycles. The van der Waals surface area contributed by atoms with Crippen LogP contribution in [0.4, 0.5) is 10.1 Å². The van der Waals surface area contributed by atoms with E-state index in [2.05, 4.69) is 20.5 Å². The Bertz CT molecular complexity index is 898. The van der Waals surface area contributed by atoms with E-state index in [9.17, 15) is 9.18 Å². The molecule has 2 aromatic carbocycles. The molecule has 0 unspecified atom stereocenters. The molecule has 0 aliphatic rings. The maximum Gasteiger partial charge on any atom is 0.234 e. The Balaban J connectivity index is 1.59. The van der Waals surface area contributed by atoms with E-state index >= 15 is 0 Å². The second-order valence-electron chi connectivity index (χ2n) is 5.29. The van der Waals surface area contributed by atoms with Crippen LogP contribution >= 0.6 is 23.4 Å². The third-order valence-electron chi connectivity index (χ3n) is 3.32. The number of hydrogen-bond donors (Lipinski definition) is 2. The smallest absolute Gasteiger partial charge is 0.234 e. The van der Waals surface area contributed by atoms with Gasteiger partial charge in [0.05, 0.1) is 11.4 Å². The van der Waals surface area contributed by atoms with Gasteiger partial charge >= 0.3 is 0 Å². The first-order valence-electron chi connectivity index (χ1n) is 7.38. The van der Waals surface area contributed by atoms with E-state index in [4.69, 9.17) is 11.6 Å². The van der Waals surface area contributed by atoms with Gasteiger partial charge < -0.3 is 5.32 Å². The van der Waals surface area contributed by atoms with E-state index in [-0.39, 0.29) is 17.3 Å². The number of rotatable bonds is 5. The molecular formula is C17H14ClFN4OS. The highest BCUT2D eigenvalue weighted by Crippen LogP contribution is 2.22. The number of halogens is 2. The number of anilines is 1. The Hall–Kier alpha value is -2.38. The normalized spacial score (nSPS) is 10.7. The van der Waals surface area contributed by atoms with Crippen molar-refractivity contribution in [2.75, 3.05) is 11.1 Å². The first-order chi connectivity index (χ1) is 12.0. The highest BCUT2D eigenvalue weighted by Gasteiger charge is 2.11. The van der Waals surface area contributed by atoms with Crippen molar-refractivity contribution in [1.29, 1.82) is 0 Å². The standard InChI is InChI=1S/C17H14ClFN4OS/c1-10-2-4-11(5-3-10)16-21-17(23-22-16)25-9-15(24)20-14-8-12(18)6-7-13(14)19/h2-8H,9H2,1H3,(H,20,24)(H,21,22,23). The molecule has 128 valence electrons. The lowest BCUT2D eigenvalue weighted by Gasteiger charge is -2.05. The predicted molar refractivity (Wildman–Crippen MR) is 97.3 cm³/mol. The monoisotopic (exact) mass is 376 g/mol. The maximum absolute atomic E-state index is 13.6. The quantitative estimate of drug-likeness (QED) is 0.651. The minimum atomic E-state index is -0.540. The first kappa shape index (κ1) is 17.4. The van der Waals surface area contributed by atoms with Gasteiger partial charge in [-0.15, -0.1) is 5.10 Å². The Kier molecular flexibility index (Phi) is 5.35. The zero-order valence-electron chi connectivity index (χ0n) is 13.2. The van der Waals surface area contributed by atoms with Gasteiger partial charge in [0.2, 0.25) is 11.1 Å². The van der Waals surface area contributed by atoms with Gasteiger partial charge in [-0.25, -0.2) is 9.37 Å². The van der Waals surface area contributed by atoms with Crippen LogP contribution in [0.3, 0.4) is 0 Å². The molecule has 0 aliphatic carbocycles. The lowest BCUT2D eigenvalue weighted by molar-refractivity contribution is -0.113. The largest absolute Gasteiger partial charge is 0.323 e. The Morgan fingerprint density at radius 3 is 2.80 bits per heavy atom. The van der Waals surface area contributed by atoms with Gasteiger partial charge in [0.25, 0.3) is 0 Å². The van der Waals surface area contributed by atoms with Crippen LogP contribution in [0.5, 0.6) is 0 Å². The molecule has 3 aromatic rings. The van der Waals surface area contributed by atoms with Gasteiger partial charge in [0.1, 0.15) is 5.82 Å². The van der Waals surface area contributed by atoms with Gasteiger partial charge in [0.15, 0.2) is 5.82 Å². The second kappa shape index (κ2) is 7.67. The number of hydrogen-bond acceptors (Lipinski definition) is 4. The Morgan fingerprint density at radius 2 is 2.04 bits per heavy atom. The molecule has 1 amide bonds. The summed E-state index contributed by atoms with van der Waals surface area (Å²) >= 11 is 6.95. The molecule has 1 aromatic heterocycles. The highest BCUT2D eigenvalue weighted by atomic mass is 35.5. The van der Waals surface area contributed by atoms with E-state index < -0.39 is 5.82 Å². The summed E-state index contributed by atoms with van der Waals surface area (Å²) in [7, 11) is 0. The molecule has 25 heavy (non-hydrogen) atoms. The van der Waals surface area contributed by atoms with E-state index in [1.807, 2.05) is 31.2 Å². The summed E-state index contributed by atoms with van der Waals surface area (Å²) in [6, 6.07) is 11.8. The fourth-order valence-corrected chi connectivity index (χ4v) is 2.83. The molecule has 1 heterocycles. The van der Waals surface area contributed by atoms with Crippen molar-refractivity contribution >= 4 is 35.0 Å². The maximum atomic E-state index is 13.6. The summed E-state index contributed by atoms with van der Waals surface area (Å²) in [5, 5.41) is 10.2. The summed E-state index contributed by atoms with van der Waals surface area (Å²) < 4.78 is 13.6. The average Bonchev–Trinajstić information content (AvgIpc) is 3.06. The fourth-order valence-electron chi connectivity index (χ4n) is 2.06. The Labute approximate surface area is 153 Å². The number of nitrogens with zero attached hydrogens (tertiary/aromatic N) is 2. The number of nitrogens with one attached hydrogen (secondary N) is 2. The van der Waals surface area contributed by atoms with E-state index in [1.165, 1.54) is 18.2 Å². The molecule has 0 bridgehead atoms. The van der Waals surface area contributed by atoms with Crippen LogP contribution in [0.1, 0.15) is 5.56 Å². The van der Waals surface area contributed by atoms with Crippen LogP contribution in [0.2, 0.25) is 5.02 Å². The minimum Gasteiger partial charge on any atom is -0.323 e. The fraction of sp³-hybridized carbons (Fsp3) is 0.118. The molecular weight excluding hydrogens is 363 g/mol. The van der Waals surface area contributed by atoms with Crippen molar-refractivity contribution in [3.8, 4) is 11.4 Å². The van der Waals surface area contributed by atoms with Crippen molar-refractivity contribution in [2.45, 2.75) is 12.1 Å². The lowest BCUT2D eigenvalue weighted by Crippen LogP contribution is -2.15. The van der Waals surface area contributed by atoms with E-state index in [1.54, 1.807) is 0 Å². The summed E-state index contributed by atoms with van der Waals surface area (Å²) in [5.41, 5.74) is 2.12. The first-order valence-corrected chi connectivity index (χ1v) is 8.75. The molecule has 5 nitrogen and oxygen atoms in total. The molecule has 0 spiro atoms. The van der Waals surface area contributed by atoms with E-state index in [0.717, 1.165) is 22.9 Å². The van der Waals surface area contributed by atoms with Crippen LogP contribution in [0.25, 0.3) is 11.4 Å². The van der Waals surface area contributed by atoms with Gasteiger partial charge in [-0.3, -0.25) is 9.89 Å². The van der Waals surface area contributed by atoms with Crippen LogP contribution in [-0.4, -0.2) is 26.8 Å². The van der Waals surface area contributed by atoms with Gasteiger partial charge in [0, 0.05) is 10.6 Å². The number of carbonyl (C=O) groups is 1. The summed E-state index contributed by atoms with van der Waals surface area (Å²) in [4.78, 5) is 16.3. The van der Waals surface area contributed by atoms with E-state index in [0.29, 0.717) is 16.0 Å². The number of amides is 1. The second-order valence-corrected chi connectivity index (χ2v) is 6.67. The number of benzene rings is 2. The third kappa shape index (κ3) is 4.58. The van der Waals surface area contributed by atoms with Crippen molar-refractivity contribution in [3.63, 3.8) is 0 Å². The van der Waals surface area contributed by atoms with Crippen molar-refractivity contribution in [2.24, 2.45) is 0 Å². The SMILES string of the molecule is Cc1ccc(-c2nc(SCC(=O)Nc3cc(Cl)ccc3F)n[nH]2)cc1. The van der Waals surface area contributed by atoms with Crippen LogP contribution in [0, 0.1) is 12.7 Å². The molecule has 0 radical (unpaired) electrons. The lowest BCUT2D eigenvalue weighted by atomic mass is 10.1. The highest BCUT2D eigenvalue weighted by molar-refractivity contribution is 7.99. The average molecular weight is 377 g/mol. The molecule has 0 atom stereocenters. The van der Waals surface area contributed by atoms with Crippen molar-refractivity contribution in [1.82, 2.24) is 15.2 Å². The number of aromatic nitrogens is 3. The molecule has 0 aliphatic heterocycles. The molecule has 2 N–H and O–H groups in total. The zero-order valence-corrected chi connectivity index (χ0v) is 14.8. The van der Waals surface area contributed by atoms with Crippen LogP contribution in [-0.2, 0) is 4.79 Å². The zero-order chi connectivity index (χ0) is 17.8. The van der Waals surface area contributed by atoms with Gasteiger partial charge in [-0.1, -0.05) is 53.2 Å². The summed E-state index contributed by atoms with van der Waals surface area (Å²) in [6.45, 7) is 2.01. The summed E-state index contributed by atoms with van der Waals surface area (Å²) in [6.07, 6.45) is 0. The van der Waals surface area contributed by atoms with Crippen molar-refractivity contribution in [3.05, 3.63) is 58.9 Å². The molecule has 0 saturated heterocycles. The molecule has 0 fully saturated rings. The topological polar surface area (TPSA) is 70.7 Å². The number of H-pyrrole nitrogens is 1. The number of thioether (sulfide) groups is 1.